The van der Waals surface area contributed by atoms with Crippen LogP contribution < -0.4 is 4.72 Å². The average Bonchev–Trinajstić information content (AvgIpc) is 3.07. The molecule has 1 aromatic heterocycles. The van der Waals surface area contributed by atoms with Gasteiger partial charge < -0.3 is 4.52 Å². The van der Waals surface area contributed by atoms with Crippen LogP contribution in [-0.2, 0) is 10.0 Å². The third kappa shape index (κ3) is 4.03. The minimum absolute atomic E-state index is 0.0754. The van der Waals surface area contributed by atoms with Crippen molar-refractivity contribution in [1.82, 2.24) is 9.88 Å². The number of nitrogens with zero attached hydrogens (tertiary/aromatic N) is 1. The molecule has 1 atom stereocenters. The highest BCUT2D eigenvalue weighted by molar-refractivity contribution is 7.89. The average molecular weight is 370 g/mol. The molecule has 6 heteroatoms. The molecule has 0 spiro atoms. The van der Waals surface area contributed by atoms with E-state index in [-0.39, 0.29) is 10.8 Å². The van der Waals surface area contributed by atoms with E-state index in [1.54, 1.807) is 25.1 Å². The van der Waals surface area contributed by atoms with Gasteiger partial charge in [0.15, 0.2) is 5.76 Å². The minimum atomic E-state index is -3.63. The summed E-state index contributed by atoms with van der Waals surface area (Å²) in [5.41, 5.74) is 3.22. The first-order valence-electron chi connectivity index (χ1n) is 8.46. The zero-order valence-electron chi connectivity index (χ0n) is 15.1. The van der Waals surface area contributed by atoms with Gasteiger partial charge >= 0.3 is 0 Å². The number of aromatic nitrogens is 1. The van der Waals surface area contributed by atoms with Crippen LogP contribution >= 0.6 is 0 Å². The van der Waals surface area contributed by atoms with Crippen molar-refractivity contribution in [3.05, 3.63) is 71.4 Å². The number of hydrogen-bond acceptors (Lipinski definition) is 4. The second-order valence-corrected chi connectivity index (χ2v) is 8.21. The monoisotopic (exact) mass is 370 g/mol. The lowest BCUT2D eigenvalue weighted by Crippen LogP contribution is -2.28. The molecule has 1 heterocycles. The van der Waals surface area contributed by atoms with Crippen molar-refractivity contribution in [1.29, 1.82) is 0 Å². The van der Waals surface area contributed by atoms with Crippen molar-refractivity contribution >= 4 is 10.0 Å². The summed E-state index contributed by atoms with van der Waals surface area (Å²) in [5.74, 6) is 0.628. The van der Waals surface area contributed by atoms with Gasteiger partial charge in [-0.1, -0.05) is 54.5 Å². The van der Waals surface area contributed by atoms with Crippen LogP contribution in [0, 0.1) is 13.8 Å². The third-order valence-corrected chi connectivity index (χ3v) is 5.90. The summed E-state index contributed by atoms with van der Waals surface area (Å²) in [5, 5.41) is 3.86. The smallest absolute Gasteiger partial charge is 0.240 e. The van der Waals surface area contributed by atoms with Crippen LogP contribution in [0.1, 0.15) is 29.7 Å². The van der Waals surface area contributed by atoms with E-state index >= 15 is 0 Å². The van der Waals surface area contributed by atoms with Gasteiger partial charge in [0, 0.05) is 18.2 Å². The second kappa shape index (κ2) is 7.43. The van der Waals surface area contributed by atoms with E-state index in [0.29, 0.717) is 23.4 Å². The van der Waals surface area contributed by atoms with E-state index in [9.17, 15) is 8.42 Å². The molecular weight excluding hydrogens is 348 g/mol. The van der Waals surface area contributed by atoms with Gasteiger partial charge in [0.05, 0.1) is 10.6 Å². The Labute approximate surface area is 154 Å². The lowest BCUT2D eigenvalue weighted by atomic mass is 10.0. The van der Waals surface area contributed by atoms with Gasteiger partial charge in [-0.15, -0.1) is 0 Å². The molecular formula is C20H22N2O3S. The minimum Gasteiger partial charge on any atom is -0.356 e. The molecule has 0 amide bonds. The summed E-state index contributed by atoms with van der Waals surface area (Å²) < 4.78 is 33.6. The van der Waals surface area contributed by atoms with E-state index in [1.165, 1.54) is 0 Å². The van der Waals surface area contributed by atoms with Gasteiger partial charge in [-0.25, -0.2) is 13.1 Å². The van der Waals surface area contributed by atoms with Crippen molar-refractivity contribution in [2.45, 2.75) is 31.6 Å². The number of hydrogen-bond donors (Lipinski definition) is 1. The molecule has 0 radical (unpaired) electrons. The van der Waals surface area contributed by atoms with Crippen molar-refractivity contribution in [3.8, 4) is 11.3 Å². The number of nitrogens with one attached hydrogen (secondary N) is 1. The highest BCUT2D eigenvalue weighted by Crippen LogP contribution is 2.26. The Bertz CT molecular complexity index is 995. The lowest BCUT2D eigenvalue weighted by molar-refractivity contribution is 0.427. The molecule has 2 aromatic carbocycles. The molecule has 0 fully saturated rings. The Morgan fingerprint density at radius 1 is 1.08 bits per heavy atom. The molecule has 0 unspecified atom stereocenters. The number of rotatable bonds is 6. The summed E-state index contributed by atoms with van der Waals surface area (Å²) in [4.78, 5) is 0.254. The number of sulfonamides is 1. The standard InChI is InChI=1S/C20H22N2O3S/c1-14-9-10-18(19-11-16(3)22-25-19)12-20(14)26(23,24)21-13-15(2)17-7-5-4-6-8-17/h4-12,15,21H,13H2,1-3H3/t15-/m0/s1. The van der Waals surface area contributed by atoms with Crippen LogP contribution in [0.3, 0.4) is 0 Å². The Morgan fingerprint density at radius 3 is 2.46 bits per heavy atom. The number of aryl methyl sites for hydroxylation is 2. The van der Waals surface area contributed by atoms with Crippen molar-refractivity contribution in [2.24, 2.45) is 0 Å². The van der Waals surface area contributed by atoms with E-state index in [1.807, 2.05) is 50.2 Å². The van der Waals surface area contributed by atoms with Gasteiger partial charge in [-0.2, -0.15) is 0 Å². The second-order valence-electron chi connectivity index (χ2n) is 6.48. The molecule has 0 aliphatic rings. The van der Waals surface area contributed by atoms with Crippen LogP contribution in [0.2, 0.25) is 0 Å². The van der Waals surface area contributed by atoms with Crippen LogP contribution in [-0.4, -0.2) is 20.1 Å². The highest BCUT2D eigenvalue weighted by atomic mass is 32.2. The summed E-state index contributed by atoms with van der Waals surface area (Å²) in [7, 11) is -3.63. The first-order valence-corrected chi connectivity index (χ1v) is 9.94. The van der Waals surface area contributed by atoms with E-state index in [0.717, 1.165) is 11.3 Å². The SMILES string of the molecule is Cc1cc(-c2ccc(C)c(S(=O)(=O)NC[C@H](C)c3ccccc3)c2)on1. The molecule has 1 N–H and O–H groups in total. The third-order valence-electron chi connectivity index (χ3n) is 4.34. The Hall–Kier alpha value is -2.44. The maximum absolute atomic E-state index is 12.8. The molecule has 3 aromatic rings. The number of benzene rings is 2. The normalized spacial score (nSPS) is 12.9. The molecule has 0 aliphatic carbocycles. The van der Waals surface area contributed by atoms with Crippen molar-refractivity contribution in [3.63, 3.8) is 0 Å². The van der Waals surface area contributed by atoms with Crippen molar-refractivity contribution < 1.29 is 12.9 Å². The first-order chi connectivity index (χ1) is 12.4. The predicted molar refractivity (Wildman–Crippen MR) is 101 cm³/mol. The fraction of sp³-hybridized carbons (Fsp3) is 0.250. The van der Waals surface area contributed by atoms with Crippen LogP contribution in [0.5, 0.6) is 0 Å². The maximum atomic E-state index is 12.8. The van der Waals surface area contributed by atoms with E-state index in [2.05, 4.69) is 9.88 Å². The van der Waals surface area contributed by atoms with Gasteiger partial charge in [0.1, 0.15) is 0 Å². The molecule has 0 bridgehead atoms. The van der Waals surface area contributed by atoms with Crippen molar-refractivity contribution in [2.75, 3.05) is 6.54 Å². The largest absolute Gasteiger partial charge is 0.356 e. The van der Waals surface area contributed by atoms with Crippen LogP contribution in [0.25, 0.3) is 11.3 Å². The molecule has 136 valence electrons. The molecule has 26 heavy (non-hydrogen) atoms. The zero-order chi connectivity index (χ0) is 18.7. The molecule has 0 saturated heterocycles. The zero-order valence-corrected chi connectivity index (χ0v) is 15.9. The Balaban J connectivity index is 1.82. The maximum Gasteiger partial charge on any atom is 0.240 e. The quantitative estimate of drug-likeness (QED) is 0.711. The van der Waals surface area contributed by atoms with E-state index in [4.69, 9.17) is 4.52 Å². The van der Waals surface area contributed by atoms with E-state index < -0.39 is 10.0 Å². The highest BCUT2D eigenvalue weighted by Gasteiger charge is 2.20. The molecule has 0 aliphatic heterocycles. The Morgan fingerprint density at radius 2 is 1.81 bits per heavy atom. The summed E-state index contributed by atoms with van der Waals surface area (Å²) in [6, 6.07) is 16.9. The summed E-state index contributed by atoms with van der Waals surface area (Å²) in [6.07, 6.45) is 0. The van der Waals surface area contributed by atoms with Gasteiger partial charge in [-0.3, -0.25) is 0 Å². The van der Waals surface area contributed by atoms with Gasteiger partial charge in [-0.05, 0) is 37.0 Å². The molecule has 0 saturated carbocycles. The molecule has 5 nitrogen and oxygen atoms in total. The van der Waals surface area contributed by atoms with Gasteiger partial charge in [0.25, 0.3) is 0 Å². The van der Waals surface area contributed by atoms with Gasteiger partial charge in [0.2, 0.25) is 10.0 Å². The fourth-order valence-electron chi connectivity index (χ4n) is 2.75. The fourth-order valence-corrected chi connectivity index (χ4v) is 4.15. The van der Waals surface area contributed by atoms with Crippen LogP contribution in [0.15, 0.2) is 64.0 Å². The van der Waals surface area contributed by atoms with Crippen LogP contribution in [0.4, 0.5) is 0 Å². The predicted octanol–water partition coefficient (Wildman–Crippen LogP) is 4.04. The Kier molecular flexibility index (Phi) is 5.25. The first kappa shape index (κ1) is 18.4. The summed E-state index contributed by atoms with van der Waals surface area (Å²) in [6.45, 7) is 5.94. The summed E-state index contributed by atoms with van der Waals surface area (Å²) >= 11 is 0. The lowest BCUT2D eigenvalue weighted by Gasteiger charge is -2.15. The topological polar surface area (TPSA) is 72.2 Å². The molecule has 3 rings (SSSR count).